The topological polar surface area (TPSA) is 67.4 Å². The average Bonchev–Trinajstić information content (AvgIpc) is 2.67. The molecule has 0 N–H and O–H groups in total. The molecule has 19 heavy (non-hydrogen) atoms. The predicted molar refractivity (Wildman–Crippen MR) is 72.2 cm³/mol. The zero-order valence-electron chi connectivity index (χ0n) is 11.9. The van der Waals surface area contributed by atoms with Crippen LogP contribution in [0.4, 0.5) is 0 Å². The summed E-state index contributed by atoms with van der Waals surface area (Å²) in [5.41, 5.74) is 5.37. The lowest BCUT2D eigenvalue weighted by Gasteiger charge is -2.08. The molecule has 0 spiro atoms. The molecule has 2 rings (SSSR count). The summed E-state index contributed by atoms with van der Waals surface area (Å²) in [5.74, 6) is 0.519. The van der Waals surface area contributed by atoms with Crippen LogP contribution >= 0.6 is 0 Å². The first-order valence-electron chi connectivity index (χ1n) is 6.30. The fraction of sp³-hybridized carbons (Fsp3) is 0.429. The van der Waals surface area contributed by atoms with Gasteiger partial charge < -0.3 is 0 Å². The van der Waals surface area contributed by atoms with E-state index >= 15 is 0 Å². The second kappa shape index (κ2) is 4.81. The summed E-state index contributed by atoms with van der Waals surface area (Å²) < 4.78 is 1.73. The minimum absolute atomic E-state index is 0.519. The van der Waals surface area contributed by atoms with E-state index in [0.29, 0.717) is 11.4 Å². The Morgan fingerprint density at radius 2 is 1.79 bits per heavy atom. The SMILES string of the molecule is CCc1c(C)nn(-c2nnc(C)c(C)c2C#N)c1C. The fourth-order valence-electron chi connectivity index (χ4n) is 2.27. The Labute approximate surface area is 112 Å². The van der Waals surface area contributed by atoms with Gasteiger partial charge in [0.25, 0.3) is 0 Å². The minimum Gasteiger partial charge on any atom is -0.216 e. The highest BCUT2D eigenvalue weighted by molar-refractivity contribution is 5.50. The summed E-state index contributed by atoms with van der Waals surface area (Å²) in [7, 11) is 0. The zero-order chi connectivity index (χ0) is 14.2. The van der Waals surface area contributed by atoms with Gasteiger partial charge in [0.2, 0.25) is 0 Å². The van der Waals surface area contributed by atoms with E-state index in [1.807, 2.05) is 27.7 Å². The van der Waals surface area contributed by atoms with Crippen molar-refractivity contribution in [1.82, 2.24) is 20.0 Å². The van der Waals surface area contributed by atoms with E-state index in [-0.39, 0.29) is 0 Å². The predicted octanol–water partition coefficient (Wildman–Crippen LogP) is 2.33. The van der Waals surface area contributed by atoms with E-state index in [4.69, 9.17) is 0 Å². The number of aryl methyl sites for hydroxylation is 2. The van der Waals surface area contributed by atoms with Gasteiger partial charge in [-0.15, -0.1) is 5.10 Å². The number of hydrogen-bond donors (Lipinski definition) is 0. The van der Waals surface area contributed by atoms with Gasteiger partial charge in [-0.25, -0.2) is 4.68 Å². The van der Waals surface area contributed by atoms with Crippen LogP contribution in [0.3, 0.4) is 0 Å². The Bertz CT molecular complexity index is 676. The Kier molecular flexibility index (Phi) is 3.34. The molecule has 0 aliphatic heterocycles. The van der Waals surface area contributed by atoms with Gasteiger partial charge in [-0.3, -0.25) is 0 Å². The number of nitriles is 1. The number of aromatic nitrogens is 4. The standard InChI is InChI=1S/C14H17N5/c1-6-12-10(4)18-19(11(12)5)14-13(7-15)8(2)9(3)16-17-14/h6H2,1-5H3. The average molecular weight is 255 g/mol. The third-order valence-corrected chi connectivity index (χ3v) is 3.54. The van der Waals surface area contributed by atoms with Crippen molar-refractivity contribution in [2.24, 2.45) is 0 Å². The maximum absolute atomic E-state index is 9.35. The third kappa shape index (κ3) is 1.99. The van der Waals surface area contributed by atoms with Gasteiger partial charge in [-0.05, 0) is 45.2 Å². The van der Waals surface area contributed by atoms with E-state index in [1.165, 1.54) is 5.56 Å². The highest BCUT2D eigenvalue weighted by atomic mass is 15.4. The largest absolute Gasteiger partial charge is 0.216 e. The Morgan fingerprint density at radius 1 is 1.11 bits per heavy atom. The summed E-state index contributed by atoms with van der Waals surface area (Å²) in [5, 5.41) is 22.1. The van der Waals surface area contributed by atoms with Crippen LogP contribution in [0.15, 0.2) is 0 Å². The van der Waals surface area contributed by atoms with Crippen molar-refractivity contribution in [3.8, 4) is 11.9 Å². The molecule has 0 unspecified atom stereocenters. The molecular formula is C14H17N5. The summed E-state index contributed by atoms with van der Waals surface area (Å²) in [4.78, 5) is 0. The Hall–Kier alpha value is -2.22. The summed E-state index contributed by atoms with van der Waals surface area (Å²) in [6.45, 7) is 9.81. The smallest absolute Gasteiger partial charge is 0.194 e. The lowest BCUT2D eigenvalue weighted by atomic mass is 10.1. The van der Waals surface area contributed by atoms with E-state index < -0.39 is 0 Å². The maximum Gasteiger partial charge on any atom is 0.194 e. The summed E-state index contributed by atoms with van der Waals surface area (Å²) >= 11 is 0. The van der Waals surface area contributed by atoms with Crippen molar-refractivity contribution in [2.45, 2.75) is 41.0 Å². The second-order valence-electron chi connectivity index (χ2n) is 4.64. The van der Waals surface area contributed by atoms with Crippen molar-refractivity contribution >= 4 is 0 Å². The molecule has 5 nitrogen and oxygen atoms in total. The van der Waals surface area contributed by atoms with Gasteiger partial charge in [0.15, 0.2) is 5.82 Å². The summed E-state index contributed by atoms with van der Waals surface area (Å²) in [6.07, 6.45) is 0.915. The lowest BCUT2D eigenvalue weighted by Crippen LogP contribution is -2.09. The van der Waals surface area contributed by atoms with Crippen LogP contribution in [-0.2, 0) is 6.42 Å². The molecule has 2 aromatic heterocycles. The number of rotatable bonds is 2. The molecule has 5 heteroatoms. The van der Waals surface area contributed by atoms with Gasteiger partial charge in [0.05, 0.1) is 11.4 Å². The maximum atomic E-state index is 9.35. The van der Waals surface area contributed by atoms with Crippen molar-refractivity contribution in [2.75, 3.05) is 0 Å². The van der Waals surface area contributed by atoms with E-state index in [0.717, 1.165) is 29.1 Å². The molecule has 0 aromatic carbocycles. The van der Waals surface area contributed by atoms with E-state index in [1.54, 1.807) is 4.68 Å². The summed E-state index contributed by atoms with van der Waals surface area (Å²) in [6, 6.07) is 2.21. The van der Waals surface area contributed by atoms with Gasteiger partial charge >= 0.3 is 0 Å². The van der Waals surface area contributed by atoms with Crippen LogP contribution in [0.25, 0.3) is 5.82 Å². The lowest BCUT2D eigenvalue weighted by molar-refractivity contribution is 0.767. The van der Waals surface area contributed by atoms with Crippen LogP contribution < -0.4 is 0 Å². The highest BCUT2D eigenvalue weighted by Gasteiger charge is 2.18. The molecule has 0 saturated heterocycles. The Morgan fingerprint density at radius 3 is 2.32 bits per heavy atom. The van der Waals surface area contributed by atoms with Crippen LogP contribution in [-0.4, -0.2) is 20.0 Å². The van der Waals surface area contributed by atoms with Gasteiger partial charge in [0, 0.05) is 5.69 Å². The van der Waals surface area contributed by atoms with E-state index in [9.17, 15) is 5.26 Å². The molecule has 2 aromatic rings. The molecule has 0 amide bonds. The van der Waals surface area contributed by atoms with Gasteiger partial charge in [-0.2, -0.15) is 15.5 Å². The normalized spacial score (nSPS) is 10.5. The second-order valence-corrected chi connectivity index (χ2v) is 4.64. The molecule has 0 aliphatic carbocycles. The molecule has 0 saturated carbocycles. The van der Waals surface area contributed by atoms with Crippen LogP contribution in [0.1, 0.15) is 40.7 Å². The fourth-order valence-corrected chi connectivity index (χ4v) is 2.27. The minimum atomic E-state index is 0.519. The Balaban J connectivity index is 2.74. The molecule has 98 valence electrons. The van der Waals surface area contributed by atoms with Crippen LogP contribution in [0.5, 0.6) is 0 Å². The van der Waals surface area contributed by atoms with Gasteiger partial charge in [-0.1, -0.05) is 6.92 Å². The molecule has 0 fully saturated rings. The van der Waals surface area contributed by atoms with Crippen LogP contribution in [0.2, 0.25) is 0 Å². The molecule has 2 heterocycles. The molecule has 0 atom stereocenters. The number of hydrogen-bond acceptors (Lipinski definition) is 4. The first kappa shape index (κ1) is 13.2. The number of nitrogens with zero attached hydrogens (tertiary/aromatic N) is 5. The molecular weight excluding hydrogens is 238 g/mol. The zero-order valence-corrected chi connectivity index (χ0v) is 11.9. The molecule has 0 bridgehead atoms. The first-order chi connectivity index (χ1) is 9.01. The van der Waals surface area contributed by atoms with Crippen LogP contribution in [0, 0.1) is 39.0 Å². The van der Waals surface area contributed by atoms with Crippen molar-refractivity contribution in [3.05, 3.63) is 33.8 Å². The van der Waals surface area contributed by atoms with Crippen molar-refractivity contribution in [3.63, 3.8) is 0 Å². The van der Waals surface area contributed by atoms with E-state index in [2.05, 4.69) is 28.3 Å². The quantitative estimate of drug-likeness (QED) is 0.826. The van der Waals surface area contributed by atoms with Crippen molar-refractivity contribution in [1.29, 1.82) is 5.26 Å². The van der Waals surface area contributed by atoms with Crippen molar-refractivity contribution < 1.29 is 0 Å². The third-order valence-electron chi connectivity index (χ3n) is 3.54. The van der Waals surface area contributed by atoms with Gasteiger partial charge in [0.1, 0.15) is 11.6 Å². The first-order valence-corrected chi connectivity index (χ1v) is 6.30. The highest BCUT2D eigenvalue weighted by Crippen LogP contribution is 2.21. The molecule has 0 radical (unpaired) electrons. The monoisotopic (exact) mass is 255 g/mol. The molecule has 0 aliphatic rings.